The molecule has 1 aromatic carbocycles. The summed E-state index contributed by atoms with van der Waals surface area (Å²) >= 11 is 0. The van der Waals surface area contributed by atoms with Gasteiger partial charge in [0.05, 0.1) is 0 Å². The molecule has 3 rings (SSSR count). The lowest BCUT2D eigenvalue weighted by atomic mass is 10.00. The van der Waals surface area contributed by atoms with Crippen molar-refractivity contribution in [2.75, 3.05) is 11.9 Å². The van der Waals surface area contributed by atoms with Crippen LogP contribution < -0.4 is 5.32 Å². The Balaban J connectivity index is 1.75. The second-order valence-corrected chi connectivity index (χ2v) is 5.96. The molecular weight excluding hydrogens is 288 g/mol. The quantitative estimate of drug-likeness (QED) is 0.943. The van der Waals surface area contributed by atoms with E-state index in [1.807, 2.05) is 17.0 Å². The molecule has 0 bridgehead atoms. The van der Waals surface area contributed by atoms with Gasteiger partial charge in [-0.05, 0) is 37.0 Å². The number of nitrogens with one attached hydrogen (secondary N) is 1. The van der Waals surface area contributed by atoms with Crippen LogP contribution in [0.25, 0.3) is 0 Å². The van der Waals surface area contributed by atoms with Crippen molar-refractivity contribution in [1.29, 1.82) is 0 Å². The third kappa shape index (κ3) is 3.50. The fourth-order valence-corrected chi connectivity index (χ4v) is 2.70. The molecule has 1 amide bonds. The number of benzene rings is 1. The van der Waals surface area contributed by atoms with Crippen molar-refractivity contribution in [3.63, 3.8) is 0 Å². The Morgan fingerprint density at radius 1 is 1.30 bits per heavy atom. The Bertz CT molecular complexity index is 701. The van der Waals surface area contributed by atoms with Gasteiger partial charge in [-0.25, -0.2) is 9.97 Å². The summed E-state index contributed by atoms with van der Waals surface area (Å²) in [6.45, 7) is 5.54. The average molecular weight is 310 g/mol. The van der Waals surface area contributed by atoms with E-state index in [2.05, 4.69) is 41.3 Å². The minimum absolute atomic E-state index is 0.0332. The summed E-state index contributed by atoms with van der Waals surface area (Å²) in [5.41, 5.74) is 3.00. The van der Waals surface area contributed by atoms with Crippen molar-refractivity contribution in [3.05, 3.63) is 53.3 Å². The largest absolute Gasteiger partial charge is 0.352 e. The fourth-order valence-electron chi connectivity index (χ4n) is 2.70. The van der Waals surface area contributed by atoms with E-state index < -0.39 is 0 Å². The number of fused-ring (bicyclic) bond motifs is 1. The van der Waals surface area contributed by atoms with Crippen molar-refractivity contribution in [2.45, 2.75) is 39.3 Å². The molecule has 0 fully saturated rings. The smallest absolute Gasteiger partial charge is 0.272 e. The van der Waals surface area contributed by atoms with Crippen molar-refractivity contribution < 1.29 is 4.79 Å². The van der Waals surface area contributed by atoms with Crippen LogP contribution >= 0.6 is 0 Å². The molecule has 0 aliphatic carbocycles. The van der Waals surface area contributed by atoms with E-state index in [4.69, 9.17) is 0 Å². The molecule has 0 radical (unpaired) electrons. The van der Waals surface area contributed by atoms with Crippen molar-refractivity contribution in [2.24, 2.45) is 0 Å². The SMILES string of the molecule is CCC(C)Nc1nccc(C(=O)N2CCc3ccccc3C2)n1. The van der Waals surface area contributed by atoms with Crippen LogP contribution in [0.3, 0.4) is 0 Å². The van der Waals surface area contributed by atoms with Crippen LogP contribution in [0.15, 0.2) is 36.5 Å². The van der Waals surface area contributed by atoms with E-state index in [0.29, 0.717) is 18.2 Å². The molecule has 1 N–H and O–H groups in total. The Labute approximate surface area is 136 Å². The molecule has 5 nitrogen and oxygen atoms in total. The molecule has 23 heavy (non-hydrogen) atoms. The summed E-state index contributed by atoms with van der Waals surface area (Å²) in [7, 11) is 0. The summed E-state index contributed by atoms with van der Waals surface area (Å²) in [5.74, 6) is 0.483. The Kier molecular flexibility index (Phi) is 4.55. The monoisotopic (exact) mass is 310 g/mol. The normalized spacial score (nSPS) is 15.0. The Morgan fingerprint density at radius 3 is 2.87 bits per heavy atom. The van der Waals surface area contributed by atoms with Gasteiger partial charge in [-0.2, -0.15) is 0 Å². The topological polar surface area (TPSA) is 58.1 Å². The Morgan fingerprint density at radius 2 is 2.09 bits per heavy atom. The highest BCUT2D eigenvalue weighted by atomic mass is 16.2. The molecule has 5 heteroatoms. The highest BCUT2D eigenvalue weighted by molar-refractivity contribution is 5.92. The Hall–Kier alpha value is -2.43. The number of aromatic nitrogens is 2. The summed E-state index contributed by atoms with van der Waals surface area (Å²) in [6, 6.07) is 10.3. The van der Waals surface area contributed by atoms with E-state index in [-0.39, 0.29) is 11.9 Å². The zero-order chi connectivity index (χ0) is 16.2. The van der Waals surface area contributed by atoms with Gasteiger partial charge in [-0.3, -0.25) is 4.79 Å². The van der Waals surface area contributed by atoms with Gasteiger partial charge in [0.2, 0.25) is 5.95 Å². The molecule has 1 aliphatic rings. The van der Waals surface area contributed by atoms with Gasteiger partial charge in [0, 0.05) is 25.3 Å². The molecule has 120 valence electrons. The lowest BCUT2D eigenvalue weighted by Gasteiger charge is -2.28. The number of rotatable bonds is 4. The van der Waals surface area contributed by atoms with Crippen molar-refractivity contribution in [3.8, 4) is 0 Å². The van der Waals surface area contributed by atoms with E-state index in [1.165, 1.54) is 11.1 Å². The number of carbonyl (C=O) groups excluding carboxylic acids is 1. The van der Waals surface area contributed by atoms with Gasteiger partial charge in [0.1, 0.15) is 5.69 Å². The zero-order valence-corrected chi connectivity index (χ0v) is 13.6. The molecule has 0 saturated heterocycles. The number of hydrogen-bond donors (Lipinski definition) is 1. The first kappa shape index (κ1) is 15.5. The predicted molar refractivity (Wildman–Crippen MR) is 90.3 cm³/mol. The summed E-state index contributed by atoms with van der Waals surface area (Å²) < 4.78 is 0. The van der Waals surface area contributed by atoms with Gasteiger partial charge in [-0.1, -0.05) is 31.2 Å². The molecule has 1 unspecified atom stereocenters. The molecule has 2 heterocycles. The molecule has 0 spiro atoms. The van der Waals surface area contributed by atoms with Crippen LogP contribution in [-0.4, -0.2) is 33.4 Å². The third-order valence-electron chi connectivity index (χ3n) is 4.28. The maximum atomic E-state index is 12.7. The van der Waals surface area contributed by atoms with Gasteiger partial charge in [0.25, 0.3) is 5.91 Å². The van der Waals surface area contributed by atoms with Gasteiger partial charge < -0.3 is 10.2 Å². The van der Waals surface area contributed by atoms with E-state index in [1.54, 1.807) is 12.3 Å². The molecular formula is C18H22N4O. The number of hydrogen-bond acceptors (Lipinski definition) is 4. The first-order valence-corrected chi connectivity index (χ1v) is 8.13. The number of amides is 1. The van der Waals surface area contributed by atoms with Crippen LogP contribution in [0.1, 0.15) is 41.9 Å². The fraction of sp³-hybridized carbons (Fsp3) is 0.389. The standard InChI is InChI=1S/C18H22N4O/c1-3-13(2)20-18-19-10-8-16(21-18)17(23)22-11-9-14-6-4-5-7-15(14)12-22/h4-8,10,13H,3,9,11-12H2,1-2H3,(H,19,20,21). The van der Waals surface area contributed by atoms with Gasteiger partial charge >= 0.3 is 0 Å². The van der Waals surface area contributed by atoms with Crippen molar-refractivity contribution >= 4 is 11.9 Å². The molecule has 1 atom stereocenters. The molecule has 2 aromatic rings. The maximum Gasteiger partial charge on any atom is 0.272 e. The second-order valence-electron chi connectivity index (χ2n) is 5.96. The third-order valence-corrected chi connectivity index (χ3v) is 4.28. The number of nitrogens with zero attached hydrogens (tertiary/aromatic N) is 3. The summed E-state index contributed by atoms with van der Waals surface area (Å²) in [6.07, 6.45) is 3.51. The first-order valence-electron chi connectivity index (χ1n) is 8.13. The van der Waals surface area contributed by atoms with Crippen LogP contribution in [0, 0.1) is 0 Å². The molecule has 0 saturated carbocycles. The maximum absolute atomic E-state index is 12.7. The first-order chi connectivity index (χ1) is 11.2. The summed E-state index contributed by atoms with van der Waals surface area (Å²) in [4.78, 5) is 23.2. The lowest BCUT2D eigenvalue weighted by molar-refractivity contribution is 0.0728. The number of carbonyl (C=O) groups is 1. The van der Waals surface area contributed by atoms with Crippen molar-refractivity contribution in [1.82, 2.24) is 14.9 Å². The number of anilines is 1. The average Bonchev–Trinajstić information content (AvgIpc) is 2.60. The van der Waals surface area contributed by atoms with Crippen LogP contribution in [0.2, 0.25) is 0 Å². The predicted octanol–water partition coefficient (Wildman–Crippen LogP) is 2.89. The second kappa shape index (κ2) is 6.77. The highest BCUT2D eigenvalue weighted by Gasteiger charge is 2.22. The lowest BCUT2D eigenvalue weighted by Crippen LogP contribution is -2.36. The van der Waals surface area contributed by atoms with Crippen LogP contribution in [0.4, 0.5) is 5.95 Å². The molecule has 1 aliphatic heterocycles. The minimum Gasteiger partial charge on any atom is -0.352 e. The van der Waals surface area contributed by atoms with Crippen LogP contribution in [-0.2, 0) is 13.0 Å². The van der Waals surface area contributed by atoms with Gasteiger partial charge in [0.15, 0.2) is 0 Å². The highest BCUT2D eigenvalue weighted by Crippen LogP contribution is 2.20. The minimum atomic E-state index is -0.0332. The summed E-state index contributed by atoms with van der Waals surface area (Å²) in [5, 5.41) is 3.21. The zero-order valence-electron chi connectivity index (χ0n) is 13.6. The van der Waals surface area contributed by atoms with E-state index in [0.717, 1.165) is 19.4 Å². The van der Waals surface area contributed by atoms with Gasteiger partial charge in [-0.15, -0.1) is 0 Å². The van der Waals surface area contributed by atoms with Crippen LogP contribution in [0.5, 0.6) is 0 Å². The van der Waals surface area contributed by atoms with E-state index >= 15 is 0 Å². The van der Waals surface area contributed by atoms with E-state index in [9.17, 15) is 4.79 Å². The molecule has 1 aromatic heterocycles.